The first kappa shape index (κ1) is 124. The number of fused-ring (bicyclic) bond motifs is 3. The molecule has 6 saturated carbocycles. The zero-order valence-electron chi connectivity index (χ0n) is 92.8. The molecule has 0 aromatic heterocycles. The largest absolute Gasteiger partial charge is 0.447 e. The van der Waals surface area contributed by atoms with Gasteiger partial charge in [-0.15, -0.1) is 31.3 Å². The van der Waals surface area contributed by atoms with Crippen molar-refractivity contribution in [3.8, 4) is 24.7 Å². The molecule has 0 radical (unpaired) electrons. The molecule has 9 rings (SSSR count). The van der Waals surface area contributed by atoms with Crippen LogP contribution in [0.3, 0.4) is 0 Å². The number of Topliss-reactive ketones (excluding diaryl/α,β-unsaturated/α-hetero) is 3. The van der Waals surface area contributed by atoms with Crippen LogP contribution in [0.5, 0.6) is 0 Å². The number of hydrogen-bond acceptors (Lipinski definition) is 21. The van der Waals surface area contributed by atoms with Crippen LogP contribution in [-0.2, 0) is 71.7 Å². The summed E-state index contributed by atoms with van der Waals surface area (Å²) in [6, 6.07) is -12.2. The van der Waals surface area contributed by atoms with Gasteiger partial charge in [0.1, 0.15) is 56.1 Å². The normalized spacial score (nSPS) is 23.7. The van der Waals surface area contributed by atoms with Gasteiger partial charge in [-0.05, 0) is 176 Å². The Morgan fingerprint density at radius 1 is 0.358 bits per heavy atom. The highest BCUT2D eigenvalue weighted by atomic mass is 16.6. The summed E-state index contributed by atoms with van der Waals surface area (Å²) in [5.74, 6) is -2.56. The third kappa shape index (κ3) is 31.9. The second-order valence-corrected chi connectivity index (χ2v) is 47.8. The van der Waals surface area contributed by atoms with Gasteiger partial charge in [0.2, 0.25) is 52.8 Å². The maximum Gasteiger partial charge on any atom is 0.407 e. The number of nitrogens with zero attached hydrogens (tertiary/aromatic N) is 3. The summed E-state index contributed by atoms with van der Waals surface area (Å²) in [5, 5.41) is 41.5. The third-order valence-corrected chi connectivity index (χ3v) is 32.7. The van der Waals surface area contributed by atoms with Gasteiger partial charge in [-0.3, -0.25) is 57.5 Å². The van der Waals surface area contributed by atoms with Gasteiger partial charge in [0.15, 0.2) is 0 Å². The van der Waals surface area contributed by atoms with Gasteiger partial charge in [0.25, 0.3) is 17.7 Å². The zero-order valence-corrected chi connectivity index (χ0v) is 92.8. The fourth-order valence-electron chi connectivity index (χ4n) is 22.7. The Morgan fingerprint density at radius 3 is 0.865 bits per heavy atom. The van der Waals surface area contributed by atoms with Crippen LogP contribution in [-0.4, -0.2) is 273 Å². The van der Waals surface area contributed by atoms with Crippen LogP contribution in [0.2, 0.25) is 0 Å². The number of ketones is 3. The highest BCUT2D eigenvalue weighted by Gasteiger charge is 2.73. The van der Waals surface area contributed by atoms with Crippen molar-refractivity contribution in [3.05, 3.63) is 12.7 Å². The Kier molecular flexibility index (Phi) is 44.6. The van der Waals surface area contributed by atoms with Crippen LogP contribution in [0.4, 0.5) is 28.8 Å². The van der Waals surface area contributed by atoms with E-state index in [1.165, 1.54) is 6.08 Å². The highest BCUT2D eigenvalue weighted by molar-refractivity contribution is 6.39. The van der Waals surface area contributed by atoms with Gasteiger partial charge in [0, 0.05) is 71.7 Å². The fraction of sp³-hybridized carbons (Fsp3) is 0.780. The summed E-state index contributed by atoms with van der Waals surface area (Å²) in [6.45, 7) is 52.7. The Hall–Kier alpha value is -11.3. The van der Waals surface area contributed by atoms with Crippen LogP contribution < -0.4 is 79.8 Å². The second kappa shape index (κ2) is 53.4. The minimum Gasteiger partial charge on any atom is -0.447 e. The van der Waals surface area contributed by atoms with Gasteiger partial charge in [-0.2, -0.15) is 0 Å². The van der Waals surface area contributed by atoms with Crippen molar-refractivity contribution in [3.63, 3.8) is 0 Å². The minimum atomic E-state index is -1.14. The predicted octanol–water partition coefficient (Wildman–Crippen LogP) is 9.56. The summed E-state index contributed by atoms with van der Waals surface area (Å²) in [4.78, 5) is 245. The van der Waals surface area contributed by atoms with Crippen molar-refractivity contribution < 1.29 is 101 Å². The molecule has 830 valence electrons. The van der Waals surface area contributed by atoms with Crippen LogP contribution in [0, 0.1) is 109 Å². The molecule has 18 atom stereocenters. The number of terminal acetylenes is 2. The lowest BCUT2D eigenvalue weighted by atomic mass is 9.70. The smallest absolute Gasteiger partial charge is 0.407 e. The number of likely N-dealkylation sites (N-methyl/N-ethyl adjacent to an activating group) is 1. The number of carbonyl (C=O) groups is 18. The maximum atomic E-state index is 14.7. The Morgan fingerprint density at radius 2 is 0.622 bits per heavy atom. The summed E-state index contributed by atoms with van der Waals surface area (Å²) < 4.78 is 16.1. The lowest BCUT2D eigenvalue weighted by molar-refractivity contribution is -0.146. The van der Waals surface area contributed by atoms with E-state index in [-0.39, 0.29) is 134 Å². The van der Waals surface area contributed by atoms with Crippen LogP contribution >= 0.6 is 0 Å². The molecule has 9 fully saturated rings. The van der Waals surface area contributed by atoms with E-state index in [2.05, 4.69) is 140 Å². The van der Waals surface area contributed by atoms with E-state index < -0.39 is 194 Å². The Bertz CT molecular complexity index is 4790. The number of likely N-dealkylation sites (tertiary alicyclic amines) is 3. The molecule has 3 saturated heterocycles. The van der Waals surface area contributed by atoms with Crippen LogP contribution in [0.15, 0.2) is 12.7 Å². The zero-order chi connectivity index (χ0) is 111. The number of amides is 18. The van der Waals surface area contributed by atoms with Gasteiger partial charge in [0.05, 0.1) is 36.3 Å². The molecule has 3 heterocycles. The number of urea groups is 3. The van der Waals surface area contributed by atoms with Crippen LogP contribution in [0.1, 0.15) is 307 Å². The molecule has 9 aliphatic rings. The lowest BCUT2D eigenvalue weighted by Crippen LogP contribution is -2.63. The van der Waals surface area contributed by atoms with Crippen molar-refractivity contribution in [1.29, 1.82) is 0 Å². The topological polar surface area (TPSA) is 525 Å². The van der Waals surface area contributed by atoms with Crippen molar-refractivity contribution in [2.75, 3.05) is 78.7 Å². The first-order valence-corrected chi connectivity index (χ1v) is 54.0. The standard InChI is InChI=1S/C37H60N6O7.C36H60N6O7.C36H58N6O7/c1-10-13-17-24(28(44)31(46)39-20-11-2)40-30(45)27-26-23(36(26,7)8)21-43(27)32(47)29(37(9)18-15-14-16-19-37)42-33(48)41-25(35(4,5)6)22-50-34(49)38-12-3;1-10-16-23(27(43)30(45)38-19-11-2)39-29(44)26-25-22(35(25,7)8)20-42(26)31(46)28(36(9)17-14-13-15-18-36)41-32(47)40-24(34(4,5)6)21-49-33(48)37-12-3;1-10-13-17-23(27(43)30(45)37-11-2)39-29(44)26-25-22(35(25,7)8)20-42(26)31(46)28(36(9)18-15-14-16-19-36)41-32(47)40-24(34(4,5)6)21-49-33(48)38-12-3/h1,23-27,29H,11-22H2,2-9H3,(H,38,49)(H,39,46)(H,40,45)(H2,41,42,48);11,22-26,28H,2,10,12-21H2,1,3-9H3,(H,37,48)(H,38,45)(H,39,44)(H2,40,41,47);1,22-26,28H,11-21H2,2-9H3,(H,37,45)(H,38,48)(H,39,44)(H2,40,41,47)/t23-,24?,25+,26-,27-,29+;2*22-,23?,24+,25-,26-,28+/m000/s1. The average molecular weight is 2080 g/mol. The van der Waals surface area contributed by atoms with E-state index in [1.807, 2.05) is 96.9 Å². The van der Waals surface area contributed by atoms with Crippen LogP contribution in [0.25, 0.3) is 0 Å². The van der Waals surface area contributed by atoms with Gasteiger partial charge in [-0.1, -0.05) is 209 Å². The molecular weight excluding hydrogens is 1900 g/mol. The van der Waals surface area contributed by atoms with Gasteiger partial charge >= 0.3 is 36.4 Å². The van der Waals surface area contributed by atoms with Crippen molar-refractivity contribution in [1.82, 2.24) is 94.5 Å². The van der Waals surface area contributed by atoms with Crippen molar-refractivity contribution in [2.45, 2.75) is 380 Å². The van der Waals surface area contributed by atoms with E-state index in [9.17, 15) is 86.3 Å². The van der Waals surface area contributed by atoms with E-state index >= 15 is 0 Å². The quantitative estimate of drug-likeness (QED) is 0.0117. The number of piperidine rings is 3. The Labute approximate surface area is 877 Å². The van der Waals surface area contributed by atoms with Gasteiger partial charge in [-0.25, -0.2) is 28.8 Å². The van der Waals surface area contributed by atoms with E-state index in [4.69, 9.17) is 27.1 Å². The molecule has 0 spiro atoms. The number of ether oxygens (including phenoxy) is 3. The molecule has 6 aliphatic carbocycles. The molecule has 0 aromatic carbocycles. The number of hydrogen-bond donors (Lipinski definition) is 15. The molecule has 3 aliphatic heterocycles. The van der Waals surface area contributed by atoms with E-state index in [0.717, 1.165) is 70.6 Å². The molecule has 39 nitrogen and oxygen atoms in total. The fourth-order valence-corrected chi connectivity index (χ4v) is 22.7. The van der Waals surface area contributed by atoms with E-state index in [1.54, 1.807) is 42.4 Å². The monoisotopic (exact) mass is 2080 g/mol. The summed E-state index contributed by atoms with van der Waals surface area (Å²) in [6.07, 6.45) is 25.4. The summed E-state index contributed by atoms with van der Waals surface area (Å²) in [5.41, 5.74) is -3.77. The summed E-state index contributed by atoms with van der Waals surface area (Å²) >= 11 is 0. The van der Waals surface area contributed by atoms with E-state index in [0.29, 0.717) is 84.3 Å². The first-order valence-electron chi connectivity index (χ1n) is 54.0. The highest BCUT2D eigenvalue weighted by Crippen LogP contribution is 2.67. The molecule has 39 heteroatoms. The maximum absolute atomic E-state index is 14.7. The number of nitrogens with one attached hydrogen (secondary N) is 15. The molecular formula is C109H178N18O21. The molecule has 0 aromatic rings. The number of carbonyl (C=O) groups excluding carboxylic acids is 18. The number of rotatable bonds is 44. The molecule has 15 N–H and O–H groups in total. The van der Waals surface area contributed by atoms with Crippen molar-refractivity contribution >= 4 is 107 Å². The lowest BCUT2D eigenvalue weighted by Gasteiger charge is -2.43. The van der Waals surface area contributed by atoms with Gasteiger partial charge < -0.3 is 109 Å². The van der Waals surface area contributed by atoms with Crippen molar-refractivity contribution in [2.24, 2.45) is 84.2 Å². The third-order valence-electron chi connectivity index (χ3n) is 32.7. The molecule has 3 unspecified atom stereocenters. The average Bonchev–Trinajstić information content (AvgIpc) is 1.53. The molecule has 0 bridgehead atoms. The minimum absolute atomic E-state index is 0.0558. The molecule has 148 heavy (non-hydrogen) atoms. The summed E-state index contributed by atoms with van der Waals surface area (Å²) in [7, 11) is 0. The SMILES string of the molecule is C#CCCC(NC(=O)[C@@H]1[C@@H]2[C@H](CN1C(=O)[C@@H](NC(=O)N[C@H](COC(=O)NCC)C(C)(C)C)C1(C)CCCCC1)C2(C)C)C(=O)C(=O)NCC.C#CCCC(NC(=O)[C@@H]1[C@@H]2[C@H](CN1C(=O)[C@@H](NC(=O)N[C@H](COC(=O)NCC)C(C)(C)C)C1(C)CCCCC1)C2(C)C)C(=O)C(=O)NCCC.C=CCNC(=O)C(=O)C(CCC)NC(=O)[C@@H]1[C@@H]2[C@H](CN1C(=O)[C@@H](NC(=O)N[C@H](COC(=O)NCC)C(C)(C)C)C1(C)CCCCC1)C2(C)C. The predicted molar refractivity (Wildman–Crippen MR) is 561 cm³/mol. The second-order valence-electron chi connectivity index (χ2n) is 47.8. The number of alkyl carbamates (subject to hydrolysis) is 3. The first-order chi connectivity index (χ1) is 69.3. The Balaban J connectivity index is 0.000000300. The molecule has 18 amide bonds.